The molecule has 0 aromatic heterocycles. The van der Waals surface area contributed by atoms with Crippen molar-refractivity contribution in [2.24, 2.45) is 5.10 Å². The van der Waals surface area contributed by atoms with Crippen LogP contribution in [-0.4, -0.2) is 17.3 Å². The molecule has 22 heavy (non-hydrogen) atoms. The highest BCUT2D eigenvalue weighted by Gasteiger charge is 2.34. The van der Waals surface area contributed by atoms with Crippen LogP contribution in [0.4, 0.5) is 8.78 Å². The molecular formula is C17H16F2N2O. The number of amides is 1. The van der Waals surface area contributed by atoms with Gasteiger partial charge < -0.3 is 0 Å². The molecule has 1 aliphatic heterocycles. The molecule has 114 valence electrons. The summed E-state index contributed by atoms with van der Waals surface area (Å²) in [6, 6.07) is 5.94. The van der Waals surface area contributed by atoms with Crippen molar-refractivity contribution in [1.82, 2.24) is 5.43 Å². The van der Waals surface area contributed by atoms with E-state index >= 15 is 4.39 Å². The number of nitrogens with zero attached hydrogens (tertiary/aromatic N) is 1. The summed E-state index contributed by atoms with van der Waals surface area (Å²) in [6.45, 7) is 1.48. The van der Waals surface area contributed by atoms with Gasteiger partial charge in [0.15, 0.2) is 0 Å². The van der Waals surface area contributed by atoms with Gasteiger partial charge in [-0.2, -0.15) is 5.10 Å². The highest BCUT2D eigenvalue weighted by atomic mass is 19.1. The van der Waals surface area contributed by atoms with E-state index in [0.29, 0.717) is 29.7 Å². The molecule has 1 aromatic carbocycles. The number of hydrogen-bond donors (Lipinski definition) is 1. The monoisotopic (exact) mass is 302 g/mol. The predicted molar refractivity (Wildman–Crippen MR) is 81.4 cm³/mol. The van der Waals surface area contributed by atoms with E-state index in [0.717, 1.165) is 5.57 Å². The molecule has 0 bridgehead atoms. The van der Waals surface area contributed by atoms with Gasteiger partial charge in [-0.25, -0.2) is 14.2 Å². The van der Waals surface area contributed by atoms with E-state index in [4.69, 9.17) is 0 Å². The quantitative estimate of drug-likeness (QED) is 0.892. The van der Waals surface area contributed by atoms with Gasteiger partial charge >= 0.3 is 0 Å². The lowest BCUT2D eigenvalue weighted by molar-refractivity contribution is -0.121. The van der Waals surface area contributed by atoms with Crippen LogP contribution in [0.3, 0.4) is 0 Å². The molecule has 3 rings (SSSR count). The summed E-state index contributed by atoms with van der Waals surface area (Å²) in [5, 5.41) is 4.00. The SMILES string of the molecule is CC1(F)CC(C2=NNC(=O)CC2)=CC=C1c1cccc(F)c1. The maximum atomic E-state index is 15.1. The van der Waals surface area contributed by atoms with Crippen LogP contribution in [-0.2, 0) is 4.79 Å². The normalized spacial score (nSPS) is 25.0. The number of carbonyl (C=O) groups excluding carboxylic acids is 1. The lowest BCUT2D eigenvalue weighted by atomic mass is 9.80. The van der Waals surface area contributed by atoms with Gasteiger partial charge in [-0.15, -0.1) is 0 Å². The summed E-state index contributed by atoms with van der Waals surface area (Å²) in [7, 11) is 0. The first-order valence-corrected chi connectivity index (χ1v) is 7.18. The number of carbonyl (C=O) groups is 1. The standard InChI is InChI=1S/C17H16F2N2O/c1-17(19)10-12(15-7-8-16(22)21-20-15)5-6-14(17)11-3-2-4-13(18)9-11/h2-6,9H,7-8,10H2,1H3,(H,21,22). The average molecular weight is 302 g/mol. The molecule has 1 aromatic rings. The van der Waals surface area contributed by atoms with Crippen molar-refractivity contribution >= 4 is 17.2 Å². The van der Waals surface area contributed by atoms with Crippen molar-refractivity contribution in [2.75, 3.05) is 0 Å². The molecule has 2 aliphatic rings. The van der Waals surface area contributed by atoms with Gasteiger partial charge in [-0.05, 0) is 35.8 Å². The third kappa shape index (κ3) is 2.84. The number of hydrogen-bond acceptors (Lipinski definition) is 2. The fourth-order valence-corrected chi connectivity index (χ4v) is 2.83. The summed E-state index contributed by atoms with van der Waals surface area (Å²) in [5.74, 6) is -0.512. The Labute approximate surface area is 127 Å². The lowest BCUT2D eigenvalue weighted by Gasteiger charge is -2.29. The van der Waals surface area contributed by atoms with Crippen LogP contribution in [0, 0.1) is 5.82 Å². The summed E-state index contributed by atoms with van der Waals surface area (Å²) < 4.78 is 28.4. The molecular weight excluding hydrogens is 286 g/mol. The Morgan fingerprint density at radius 2 is 2.09 bits per heavy atom. The van der Waals surface area contributed by atoms with Gasteiger partial charge in [0.25, 0.3) is 0 Å². The molecule has 0 spiro atoms. The number of halogens is 2. The number of alkyl halides is 1. The van der Waals surface area contributed by atoms with Gasteiger partial charge in [0.2, 0.25) is 5.91 Å². The molecule has 1 N–H and O–H groups in total. The summed E-state index contributed by atoms with van der Waals surface area (Å²) in [4.78, 5) is 11.1. The van der Waals surface area contributed by atoms with Crippen molar-refractivity contribution in [3.63, 3.8) is 0 Å². The van der Waals surface area contributed by atoms with E-state index < -0.39 is 5.67 Å². The zero-order chi connectivity index (χ0) is 15.7. The van der Waals surface area contributed by atoms with E-state index in [2.05, 4.69) is 10.5 Å². The van der Waals surface area contributed by atoms with E-state index in [1.165, 1.54) is 19.1 Å². The van der Waals surface area contributed by atoms with Gasteiger partial charge in [-0.3, -0.25) is 4.79 Å². The Hall–Kier alpha value is -2.30. The second-order valence-electron chi connectivity index (χ2n) is 5.75. The minimum absolute atomic E-state index is 0.126. The van der Waals surface area contributed by atoms with Crippen LogP contribution in [0.15, 0.2) is 47.1 Å². The first kappa shape index (κ1) is 14.6. The molecule has 0 saturated heterocycles. The molecule has 0 saturated carbocycles. The molecule has 1 heterocycles. The summed E-state index contributed by atoms with van der Waals surface area (Å²) >= 11 is 0. The zero-order valence-electron chi connectivity index (χ0n) is 12.2. The number of nitrogens with one attached hydrogen (secondary N) is 1. The minimum atomic E-state index is -1.61. The van der Waals surface area contributed by atoms with E-state index in [9.17, 15) is 9.18 Å². The van der Waals surface area contributed by atoms with Crippen LogP contribution in [0.5, 0.6) is 0 Å². The third-order valence-electron chi connectivity index (χ3n) is 3.95. The fourth-order valence-electron chi connectivity index (χ4n) is 2.83. The maximum absolute atomic E-state index is 15.1. The molecule has 1 atom stereocenters. The van der Waals surface area contributed by atoms with Crippen LogP contribution < -0.4 is 5.43 Å². The Morgan fingerprint density at radius 1 is 1.27 bits per heavy atom. The van der Waals surface area contributed by atoms with Gasteiger partial charge in [0.1, 0.15) is 11.5 Å². The number of hydrazone groups is 1. The molecule has 0 radical (unpaired) electrons. The number of allylic oxidation sites excluding steroid dienone is 4. The maximum Gasteiger partial charge on any atom is 0.240 e. The van der Waals surface area contributed by atoms with Gasteiger partial charge in [0, 0.05) is 19.3 Å². The Morgan fingerprint density at radius 3 is 2.73 bits per heavy atom. The average Bonchev–Trinajstić information content (AvgIpc) is 2.47. The number of benzene rings is 1. The van der Waals surface area contributed by atoms with Crippen LogP contribution in [0.1, 0.15) is 31.7 Å². The van der Waals surface area contributed by atoms with Crippen molar-refractivity contribution in [1.29, 1.82) is 0 Å². The summed E-state index contributed by atoms with van der Waals surface area (Å²) in [5.41, 5.74) is 3.28. The topological polar surface area (TPSA) is 41.5 Å². The van der Waals surface area contributed by atoms with Crippen LogP contribution >= 0.6 is 0 Å². The van der Waals surface area contributed by atoms with Crippen LogP contribution in [0.2, 0.25) is 0 Å². The van der Waals surface area contributed by atoms with Crippen molar-refractivity contribution < 1.29 is 13.6 Å². The van der Waals surface area contributed by atoms with E-state index in [-0.39, 0.29) is 18.1 Å². The highest BCUT2D eigenvalue weighted by Crippen LogP contribution is 2.40. The molecule has 1 aliphatic carbocycles. The van der Waals surface area contributed by atoms with Gasteiger partial charge in [0.05, 0.1) is 5.71 Å². The summed E-state index contributed by atoms with van der Waals surface area (Å²) in [6.07, 6.45) is 4.50. The molecule has 5 heteroatoms. The first-order chi connectivity index (χ1) is 10.5. The lowest BCUT2D eigenvalue weighted by Crippen LogP contribution is -2.30. The minimum Gasteiger partial charge on any atom is -0.273 e. The second kappa shape index (κ2) is 5.48. The van der Waals surface area contributed by atoms with E-state index in [1.54, 1.807) is 24.3 Å². The predicted octanol–water partition coefficient (Wildman–Crippen LogP) is 3.53. The zero-order valence-corrected chi connectivity index (χ0v) is 12.2. The first-order valence-electron chi connectivity index (χ1n) is 7.18. The Bertz CT molecular complexity index is 717. The van der Waals surface area contributed by atoms with Crippen LogP contribution in [0.25, 0.3) is 5.57 Å². The second-order valence-corrected chi connectivity index (χ2v) is 5.75. The Kier molecular flexibility index (Phi) is 3.64. The fraction of sp³-hybridized carbons (Fsp3) is 0.294. The highest BCUT2D eigenvalue weighted by molar-refractivity contribution is 6.05. The molecule has 0 fully saturated rings. The van der Waals surface area contributed by atoms with Gasteiger partial charge in [-0.1, -0.05) is 24.3 Å². The van der Waals surface area contributed by atoms with E-state index in [1.807, 2.05) is 0 Å². The smallest absolute Gasteiger partial charge is 0.240 e. The number of rotatable bonds is 2. The third-order valence-corrected chi connectivity index (χ3v) is 3.95. The largest absolute Gasteiger partial charge is 0.273 e. The molecule has 3 nitrogen and oxygen atoms in total. The van der Waals surface area contributed by atoms with Crippen molar-refractivity contribution in [2.45, 2.75) is 31.9 Å². The van der Waals surface area contributed by atoms with Crippen molar-refractivity contribution in [3.05, 3.63) is 53.4 Å². The van der Waals surface area contributed by atoms with Crippen molar-refractivity contribution in [3.8, 4) is 0 Å². The Balaban J connectivity index is 1.94. The molecule has 1 unspecified atom stereocenters. The molecule has 1 amide bonds.